The zero-order valence-corrected chi connectivity index (χ0v) is 45.0. The van der Waals surface area contributed by atoms with Crippen molar-refractivity contribution in [2.45, 2.75) is 167 Å². The van der Waals surface area contributed by atoms with Crippen LogP contribution in [0.4, 0.5) is 0 Å². The van der Waals surface area contributed by atoms with Crippen LogP contribution >= 0.6 is 0 Å². The van der Waals surface area contributed by atoms with Gasteiger partial charge in [0.25, 0.3) is 0 Å². The number of hydrogen-bond donors (Lipinski definition) is 4. The molecule has 2 aliphatic rings. The maximum absolute atomic E-state index is 12.8. The third-order valence-electron chi connectivity index (χ3n) is 14.1. The summed E-state index contributed by atoms with van der Waals surface area (Å²) < 4.78 is 32.9. The van der Waals surface area contributed by atoms with E-state index >= 15 is 0 Å². The topological polar surface area (TPSA) is 205 Å². The lowest BCUT2D eigenvalue weighted by atomic mass is 9.82. The van der Waals surface area contributed by atoms with E-state index in [1.807, 2.05) is 24.3 Å². The molecule has 0 bridgehead atoms. The molecular formula is C62H88O14. The highest BCUT2D eigenvalue weighted by molar-refractivity contribution is 5.79. The fourth-order valence-electron chi connectivity index (χ4n) is 9.29. The summed E-state index contributed by atoms with van der Waals surface area (Å²) in [6.45, 7) is 3.62. The van der Waals surface area contributed by atoms with Gasteiger partial charge in [-0.2, -0.15) is 0 Å². The van der Waals surface area contributed by atoms with Gasteiger partial charge in [-0.05, 0) is 161 Å². The number of ether oxygens (including phenoxy) is 6. The first-order valence-corrected chi connectivity index (χ1v) is 28.0. The number of benzene rings is 4. The molecule has 0 saturated heterocycles. The van der Waals surface area contributed by atoms with Crippen LogP contribution < -0.4 is 28.4 Å². The molecule has 4 N–H and O–H groups in total. The molecule has 0 aliphatic heterocycles. The maximum atomic E-state index is 12.8. The van der Waals surface area contributed by atoms with E-state index < -0.39 is 25.4 Å². The first kappa shape index (κ1) is 61.1. The molecule has 0 spiro atoms. The summed E-state index contributed by atoms with van der Waals surface area (Å²) in [4.78, 5) is 50.6. The van der Waals surface area contributed by atoms with Crippen LogP contribution in [-0.4, -0.2) is 82.9 Å². The number of aliphatic hydroxyl groups excluding tert-OH is 4. The van der Waals surface area contributed by atoms with E-state index in [-0.39, 0.29) is 63.6 Å². The highest BCUT2D eigenvalue weighted by atomic mass is 16.6. The summed E-state index contributed by atoms with van der Waals surface area (Å²) in [5, 5.41) is 36.3. The molecule has 6 rings (SSSR count). The first-order valence-electron chi connectivity index (χ1n) is 28.0. The Morgan fingerprint density at radius 3 is 0.895 bits per heavy atom. The maximum Gasteiger partial charge on any atom is 0.314 e. The van der Waals surface area contributed by atoms with E-state index in [4.69, 9.17) is 38.6 Å². The molecule has 0 radical (unpaired) electrons. The quantitative estimate of drug-likeness (QED) is 0.0218. The van der Waals surface area contributed by atoms with Gasteiger partial charge in [-0.25, -0.2) is 0 Å². The lowest BCUT2D eigenvalue weighted by molar-refractivity contribution is -0.145. The predicted octanol–water partition coefficient (Wildman–Crippen LogP) is 11.8. The number of aryl methyl sites for hydroxylation is 2. The summed E-state index contributed by atoms with van der Waals surface area (Å²) in [7, 11) is 0. The van der Waals surface area contributed by atoms with Crippen molar-refractivity contribution in [2.24, 2.45) is 23.7 Å². The molecule has 2 aliphatic carbocycles. The lowest BCUT2D eigenvalue weighted by Gasteiger charge is -2.25. The minimum absolute atomic E-state index is 0. The molecular weight excluding hydrogens is 969 g/mol. The van der Waals surface area contributed by atoms with Crippen LogP contribution in [0.3, 0.4) is 0 Å². The lowest BCUT2D eigenvalue weighted by Crippen LogP contribution is -2.30. The molecule has 2 fully saturated rings. The van der Waals surface area contributed by atoms with Gasteiger partial charge in [-0.15, -0.1) is 0 Å². The van der Waals surface area contributed by atoms with E-state index in [0.29, 0.717) is 85.9 Å². The molecule has 2 atom stereocenters. The summed E-state index contributed by atoms with van der Waals surface area (Å²) in [6.07, 6.45) is 20.4. The fourth-order valence-corrected chi connectivity index (χ4v) is 9.29. The number of rotatable bonds is 30. The van der Waals surface area contributed by atoms with E-state index in [1.165, 1.54) is 88.2 Å². The van der Waals surface area contributed by atoms with E-state index in [2.05, 4.69) is 38.1 Å². The van der Waals surface area contributed by atoms with Gasteiger partial charge in [0.05, 0.1) is 36.9 Å². The third kappa shape index (κ3) is 22.8. The Labute approximate surface area is 453 Å². The second kappa shape index (κ2) is 34.8. The standard InChI is InChI=1S/C36H52O4.C26H32O10.2H2/c1-3-5-7-9-11-13-15-29-17-25-33(26-18-29)39-35(37)31-21-23-32(24-22-31)36(38)40-34-27-19-30(20-28-34)16-14-12-10-8-6-4-2;27-13-19(29)15-33-21-5-9-23(10-6-21)35-25(31)17-1-2-18(4-3-17)26(32)36-24-11-7-22(8-12-24)34-16-20(30)14-28;;/h17-20,25-28,31-32H,3-16,21-24H2,1-2H3;5-12,17-20,27-30H,1-4,13-16H2;2*1H. The number of esters is 4. The van der Waals surface area contributed by atoms with Gasteiger partial charge >= 0.3 is 23.9 Å². The minimum Gasteiger partial charge on any atom is -0.491 e. The predicted molar refractivity (Wildman–Crippen MR) is 295 cm³/mol. The summed E-state index contributed by atoms with van der Waals surface area (Å²) in [6, 6.07) is 28.7. The highest BCUT2D eigenvalue weighted by Crippen LogP contribution is 2.34. The third-order valence-corrected chi connectivity index (χ3v) is 14.1. The monoisotopic (exact) mass is 1060 g/mol. The van der Waals surface area contributed by atoms with Crippen LogP contribution in [0.25, 0.3) is 0 Å². The largest absolute Gasteiger partial charge is 0.491 e. The molecule has 2 unspecified atom stereocenters. The molecule has 0 aromatic heterocycles. The van der Waals surface area contributed by atoms with E-state index in [1.54, 1.807) is 48.5 Å². The van der Waals surface area contributed by atoms with Crippen molar-refractivity contribution >= 4 is 23.9 Å². The van der Waals surface area contributed by atoms with Gasteiger partial charge in [0.1, 0.15) is 59.9 Å². The average Bonchev–Trinajstić information content (AvgIpc) is 3.45. The first-order chi connectivity index (χ1) is 37.0. The van der Waals surface area contributed by atoms with Crippen LogP contribution in [-0.2, 0) is 32.0 Å². The molecule has 4 aromatic carbocycles. The van der Waals surface area contributed by atoms with Crippen molar-refractivity contribution in [1.29, 1.82) is 0 Å². The minimum atomic E-state index is -0.964. The second-order valence-corrected chi connectivity index (χ2v) is 20.3. The molecule has 76 heavy (non-hydrogen) atoms. The van der Waals surface area contributed by atoms with Crippen molar-refractivity contribution in [1.82, 2.24) is 0 Å². The smallest absolute Gasteiger partial charge is 0.314 e. The van der Waals surface area contributed by atoms with Gasteiger partial charge in [0.2, 0.25) is 0 Å². The van der Waals surface area contributed by atoms with Crippen LogP contribution in [0.1, 0.15) is 156 Å². The number of unbranched alkanes of at least 4 members (excludes halogenated alkanes) is 10. The molecule has 420 valence electrons. The molecule has 4 aromatic rings. The molecule has 0 heterocycles. The zero-order chi connectivity index (χ0) is 54.3. The number of aliphatic hydroxyl groups is 4. The molecule has 0 amide bonds. The van der Waals surface area contributed by atoms with Crippen molar-refractivity contribution in [3.8, 4) is 34.5 Å². The Hall–Kier alpha value is -5.80. The fraction of sp³-hybridized carbons (Fsp3) is 0.548. The second-order valence-electron chi connectivity index (χ2n) is 20.3. The Bertz CT molecular complexity index is 2100. The summed E-state index contributed by atoms with van der Waals surface area (Å²) >= 11 is 0. The SMILES string of the molecule is CCCCCCCCc1ccc(OC(=O)C2CCC(C(=O)Oc3ccc(CCCCCCCC)cc3)CC2)cc1.O=C(Oc1ccc(OCC(O)CO)cc1)C1CCC(C(=O)Oc2ccc(OCC(O)CO)cc2)CC1.[HH].[HH]. The Kier molecular flexibility index (Phi) is 27.9. The molecule has 2 saturated carbocycles. The highest BCUT2D eigenvalue weighted by Gasteiger charge is 2.33. The number of hydrogen-bond acceptors (Lipinski definition) is 14. The van der Waals surface area contributed by atoms with Crippen LogP contribution in [0.15, 0.2) is 97.1 Å². The van der Waals surface area contributed by atoms with Gasteiger partial charge in [-0.3, -0.25) is 19.2 Å². The normalized spacial score (nSPS) is 18.0. The van der Waals surface area contributed by atoms with Crippen LogP contribution in [0, 0.1) is 23.7 Å². The van der Waals surface area contributed by atoms with Crippen molar-refractivity contribution in [3.05, 3.63) is 108 Å². The summed E-state index contributed by atoms with van der Waals surface area (Å²) in [5.41, 5.74) is 2.59. The van der Waals surface area contributed by atoms with Crippen LogP contribution in [0.2, 0.25) is 0 Å². The average molecular weight is 1060 g/mol. The van der Waals surface area contributed by atoms with Gasteiger partial charge in [-0.1, -0.05) is 102 Å². The Morgan fingerprint density at radius 2 is 0.632 bits per heavy atom. The summed E-state index contributed by atoms with van der Waals surface area (Å²) in [5.74, 6) is 0.898. The van der Waals surface area contributed by atoms with Gasteiger partial charge < -0.3 is 48.8 Å². The van der Waals surface area contributed by atoms with E-state index in [0.717, 1.165) is 12.8 Å². The molecule has 14 heteroatoms. The van der Waals surface area contributed by atoms with Crippen molar-refractivity contribution in [3.63, 3.8) is 0 Å². The number of carbonyl (C=O) groups excluding carboxylic acids is 4. The Morgan fingerprint density at radius 1 is 0.395 bits per heavy atom. The zero-order valence-electron chi connectivity index (χ0n) is 45.0. The van der Waals surface area contributed by atoms with E-state index in [9.17, 15) is 29.4 Å². The Balaban J connectivity index is 0.000000402. The number of carbonyl (C=O) groups is 4. The van der Waals surface area contributed by atoms with Gasteiger partial charge in [0, 0.05) is 2.85 Å². The van der Waals surface area contributed by atoms with Crippen LogP contribution in [0.5, 0.6) is 34.5 Å². The van der Waals surface area contributed by atoms with Crippen molar-refractivity contribution < 1.29 is 70.9 Å². The van der Waals surface area contributed by atoms with Crippen molar-refractivity contribution in [2.75, 3.05) is 26.4 Å². The van der Waals surface area contributed by atoms with Gasteiger partial charge in [0.15, 0.2) is 0 Å². The molecule has 14 nitrogen and oxygen atoms in total.